The molecule has 8 nitrogen and oxygen atoms in total. The fraction of sp³-hybridized carbons (Fsp3) is 0.500. The molecule has 1 aromatic carbocycles. The zero-order chi connectivity index (χ0) is 20.9. The third kappa shape index (κ3) is 3.51. The van der Waals surface area contributed by atoms with E-state index in [1.807, 2.05) is 12.1 Å². The number of anilines is 1. The summed E-state index contributed by atoms with van der Waals surface area (Å²) in [6.07, 6.45) is 4.18. The molecule has 0 bridgehead atoms. The zero-order valence-corrected chi connectivity index (χ0v) is 17.4. The van der Waals surface area contributed by atoms with Gasteiger partial charge in [0.05, 0.1) is 24.8 Å². The lowest BCUT2D eigenvalue weighted by Crippen LogP contribution is -2.54. The average Bonchev–Trinajstić information content (AvgIpc) is 3.52. The van der Waals surface area contributed by atoms with Crippen LogP contribution in [0, 0.1) is 5.82 Å². The maximum absolute atomic E-state index is 13.9. The van der Waals surface area contributed by atoms with Crippen LogP contribution in [-0.4, -0.2) is 62.9 Å². The minimum atomic E-state index is -0.299. The number of morpholine rings is 1. The predicted molar refractivity (Wildman–Crippen MR) is 112 cm³/mol. The Balaban J connectivity index is 1.39. The van der Waals surface area contributed by atoms with E-state index in [4.69, 9.17) is 14.6 Å². The predicted octanol–water partition coefficient (Wildman–Crippen LogP) is 2.78. The van der Waals surface area contributed by atoms with Crippen LogP contribution in [0.15, 0.2) is 30.5 Å². The number of fused-ring (bicyclic) bond motifs is 2. The SMILES string of the molecule is CC1CN(C2COc3cc(F)ccc3C2Nc2ccnc3nc(C4CC4)nn23)CCO1. The molecular formula is C22H25FN6O2. The fourth-order valence-corrected chi connectivity index (χ4v) is 4.60. The van der Waals surface area contributed by atoms with Crippen LogP contribution in [0.25, 0.3) is 5.78 Å². The van der Waals surface area contributed by atoms with Crippen molar-refractivity contribution in [1.82, 2.24) is 24.5 Å². The number of ether oxygens (including phenoxy) is 2. The van der Waals surface area contributed by atoms with E-state index < -0.39 is 0 Å². The van der Waals surface area contributed by atoms with Gasteiger partial charge in [0.1, 0.15) is 24.0 Å². The highest BCUT2D eigenvalue weighted by Crippen LogP contribution is 2.39. The van der Waals surface area contributed by atoms with E-state index in [-0.39, 0.29) is 24.0 Å². The van der Waals surface area contributed by atoms with Crippen molar-refractivity contribution < 1.29 is 13.9 Å². The Morgan fingerprint density at radius 1 is 1.23 bits per heavy atom. The number of hydrogen-bond acceptors (Lipinski definition) is 7. The van der Waals surface area contributed by atoms with Gasteiger partial charge in [-0.25, -0.2) is 9.37 Å². The van der Waals surface area contributed by atoms with E-state index in [1.165, 1.54) is 12.1 Å². The van der Waals surface area contributed by atoms with Crippen molar-refractivity contribution in [2.24, 2.45) is 0 Å². The van der Waals surface area contributed by atoms with E-state index in [9.17, 15) is 4.39 Å². The van der Waals surface area contributed by atoms with Gasteiger partial charge < -0.3 is 14.8 Å². The van der Waals surface area contributed by atoms with Crippen LogP contribution >= 0.6 is 0 Å². The van der Waals surface area contributed by atoms with Gasteiger partial charge in [-0.1, -0.05) is 6.07 Å². The first-order valence-electron chi connectivity index (χ1n) is 10.9. The van der Waals surface area contributed by atoms with Gasteiger partial charge in [0, 0.05) is 36.8 Å². The second-order valence-corrected chi connectivity index (χ2v) is 8.65. The van der Waals surface area contributed by atoms with Crippen LogP contribution in [0.5, 0.6) is 5.75 Å². The van der Waals surface area contributed by atoms with Crippen LogP contribution < -0.4 is 10.1 Å². The molecule has 4 heterocycles. The Hall–Kier alpha value is -2.78. The zero-order valence-electron chi connectivity index (χ0n) is 17.4. The van der Waals surface area contributed by atoms with Crippen LogP contribution in [0.3, 0.4) is 0 Å². The summed E-state index contributed by atoms with van der Waals surface area (Å²) in [5.74, 6) is 3.00. The van der Waals surface area contributed by atoms with Gasteiger partial charge in [-0.05, 0) is 31.9 Å². The maximum atomic E-state index is 13.9. The van der Waals surface area contributed by atoms with Crippen LogP contribution in [-0.2, 0) is 4.74 Å². The Morgan fingerprint density at radius 2 is 2.13 bits per heavy atom. The first-order chi connectivity index (χ1) is 15.2. The van der Waals surface area contributed by atoms with Gasteiger partial charge in [0.15, 0.2) is 5.82 Å². The molecule has 3 atom stereocenters. The number of aromatic nitrogens is 4. The highest BCUT2D eigenvalue weighted by Gasteiger charge is 2.37. The van der Waals surface area contributed by atoms with Gasteiger partial charge in [-0.2, -0.15) is 9.50 Å². The molecule has 1 aliphatic carbocycles. The molecule has 1 saturated heterocycles. The lowest BCUT2D eigenvalue weighted by molar-refractivity contribution is -0.0465. The summed E-state index contributed by atoms with van der Waals surface area (Å²) in [6, 6.07) is 6.64. The largest absolute Gasteiger partial charge is 0.491 e. The molecule has 0 amide bonds. The molecule has 31 heavy (non-hydrogen) atoms. The van der Waals surface area contributed by atoms with Gasteiger partial charge in [-0.3, -0.25) is 4.90 Å². The second-order valence-electron chi connectivity index (χ2n) is 8.65. The number of nitrogens with zero attached hydrogens (tertiary/aromatic N) is 5. The third-order valence-electron chi connectivity index (χ3n) is 6.35. The maximum Gasteiger partial charge on any atom is 0.254 e. The van der Waals surface area contributed by atoms with E-state index in [0.717, 1.165) is 43.1 Å². The molecule has 2 aliphatic heterocycles. The average molecular weight is 424 g/mol. The number of hydrogen-bond donors (Lipinski definition) is 1. The lowest BCUT2D eigenvalue weighted by atomic mass is 9.94. The van der Waals surface area contributed by atoms with Crippen LogP contribution in [0.4, 0.5) is 10.2 Å². The molecule has 1 saturated carbocycles. The minimum Gasteiger partial charge on any atom is -0.491 e. The summed E-state index contributed by atoms with van der Waals surface area (Å²) in [6.45, 7) is 4.90. The first-order valence-corrected chi connectivity index (χ1v) is 10.9. The van der Waals surface area contributed by atoms with Crippen molar-refractivity contribution in [2.45, 2.75) is 43.9 Å². The summed E-state index contributed by atoms with van der Waals surface area (Å²) in [5, 5.41) is 8.39. The Morgan fingerprint density at radius 3 is 2.97 bits per heavy atom. The van der Waals surface area contributed by atoms with Crippen molar-refractivity contribution in [1.29, 1.82) is 0 Å². The van der Waals surface area contributed by atoms with E-state index in [0.29, 0.717) is 30.7 Å². The summed E-state index contributed by atoms with van der Waals surface area (Å²) in [7, 11) is 0. The molecular weight excluding hydrogens is 399 g/mol. The highest BCUT2D eigenvalue weighted by atomic mass is 19.1. The van der Waals surface area contributed by atoms with Crippen molar-refractivity contribution in [3.8, 4) is 5.75 Å². The molecule has 2 aromatic heterocycles. The molecule has 3 aliphatic rings. The van der Waals surface area contributed by atoms with Crippen LogP contribution in [0.1, 0.15) is 43.1 Å². The highest BCUT2D eigenvalue weighted by molar-refractivity contribution is 5.49. The topological polar surface area (TPSA) is 76.8 Å². The molecule has 3 unspecified atom stereocenters. The first kappa shape index (κ1) is 18.9. The number of benzene rings is 1. The Labute approximate surface area is 179 Å². The molecule has 2 fully saturated rings. The van der Waals surface area contributed by atoms with Gasteiger partial charge in [0.25, 0.3) is 5.78 Å². The van der Waals surface area contributed by atoms with E-state index in [1.54, 1.807) is 10.7 Å². The quantitative estimate of drug-likeness (QED) is 0.690. The van der Waals surface area contributed by atoms with Gasteiger partial charge in [-0.15, -0.1) is 5.10 Å². The number of halogens is 1. The lowest BCUT2D eigenvalue weighted by Gasteiger charge is -2.43. The van der Waals surface area contributed by atoms with Gasteiger partial charge in [0.2, 0.25) is 0 Å². The molecule has 0 radical (unpaired) electrons. The normalized spacial score (nSPS) is 26.5. The summed E-state index contributed by atoms with van der Waals surface area (Å²) in [4.78, 5) is 11.4. The Kier molecular flexibility index (Phi) is 4.53. The Bertz CT molecular complexity index is 1120. The fourth-order valence-electron chi connectivity index (χ4n) is 4.60. The van der Waals surface area contributed by atoms with E-state index in [2.05, 4.69) is 27.1 Å². The summed E-state index contributed by atoms with van der Waals surface area (Å²) in [5.41, 5.74) is 0.935. The van der Waals surface area contributed by atoms with Crippen molar-refractivity contribution >= 4 is 11.6 Å². The smallest absolute Gasteiger partial charge is 0.254 e. The summed E-state index contributed by atoms with van der Waals surface area (Å²) < 4.78 is 27.4. The molecule has 3 aromatic rings. The van der Waals surface area contributed by atoms with Crippen LogP contribution in [0.2, 0.25) is 0 Å². The standard InChI is InChI=1S/C22H25FN6O2/c1-13-11-28(8-9-30-13)17-12-31-18-10-15(23)4-5-16(18)20(17)25-19-6-7-24-22-26-21(14-2-3-14)27-29(19)22/h4-7,10,13-14,17,20,25H,2-3,8-9,11-12H2,1H3. The third-order valence-corrected chi connectivity index (χ3v) is 6.35. The summed E-state index contributed by atoms with van der Waals surface area (Å²) >= 11 is 0. The molecule has 6 rings (SSSR count). The number of nitrogens with one attached hydrogen (secondary N) is 1. The van der Waals surface area contributed by atoms with Crippen molar-refractivity contribution in [2.75, 3.05) is 31.6 Å². The molecule has 0 spiro atoms. The second kappa shape index (κ2) is 7.42. The molecule has 1 N–H and O–H groups in total. The monoisotopic (exact) mass is 424 g/mol. The minimum absolute atomic E-state index is 0.0685. The molecule has 9 heteroatoms. The number of rotatable bonds is 4. The van der Waals surface area contributed by atoms with Gasteiger partial charge >= 0.3 is 0 Å². The van der Waals surface area contributed by atoms with Crippen molar-refractivity contribution in [3.05, 3.63) is 47.7 Å². The molecule has 162 valence electrons. The van der Waals surface area contributed by atoms with Crippen molar-refractivity contribution in [3.63, 3.8) is 0 Å². The van der Waals surface area contributed by atoms with E-state index >= 15 is 0 Å².